The number of furan rings is 1. The molecule has 2 aromatic heterocycles. The summed E-state index contributed by atoms with van der Waals surface area (Å²) in [4.78, 5) is 25.4. The highest BCUT2D eigenvalue weighted by atomic mass is 19.1. The van der Waals surface area contributed by atoms with Crippen molar-refractivity contribution in [1.29, 1.82) is 0 Å². The highest BCUT2D eigenvalue weighted by Gasteiger charge is 2.24. The van der Waals surface area contributed by atoms with Gasteiger partial charge in [-0.1, -0.05) is 12.1 Å². The third-order valence-electron chi connectivity index (χ3n) is 4.83. The van der Waals surface area contributed by atoms with Gasteiger partial charge in [0.1, 0.15) is 11.6 Å². The molecule has 0 saturated carbocycles. The van der Waals surface area contributed by atoms with Crippen molar-refractivity contribution in [3.63, 3.8) is 0 Å². The molecule has 0 radical (unpaired) electrons. The first-order valence-electron chi connectivity index (χ1n) is 9.50. The van der Waals surface area contributed by atoms with E-state index in [9.17, 15) is 9.18 Å². The van der Waals surface area contributed by atoms with E-state index in [-0.39, 0.29) is 11.7 Å². The first-order valence-corrected chi connectivity index (χ1v) is 9.50. The number of anilines is 2. The molecule has 3 heterocycles. The van der Waals surface area contributed by atoms with Crippen LogP contribution in [-0.4, -0.2) is 47.0 Å². The zero-order valence-electron chi connectivity index (χ0n) is 16.1. The summed E-state index contributed by atoms with van der Waals surface area (Å²) >= 11 is 0. The summed E-state index contributed by atoms with van der Waals surface area (Å²) in [6, 6.07) is 11.7. The number of carbonyl (C=O) groups is 1. The summed E-state index contributed by atoms with van der Waals surface area (Å²) in [6.45, 7) is 4.99. The first kappa shape index (κ1) is 18.9. The van der Waals surface area contributed by atoms with Gasteiger partial charge in [-0.3, -0.25) is 4.79 Å². The van der Waals surface area contributed by atoms with Gasteiger partial charge in [0.25, 0.3) is 5.91 Å². The van der Waals surface area contributed by atoms with Crippen LogP contribution in [0, 0.1) is 12.7 Å². The monoisotopic (exact) mass is 395 g/mol. The number of piperazine rings is 1. The van der Waals surface area contributed by atoms with E-state index >= 15 is 0 Å². The predicted molar refractivity (Wildman–Crippen MR) is 107 cm³/mol. The number of hydrogen-bond acceptors (Lipinski definition) is 6. The Balaban J connectivity index is 1.39. The molecule has 1 aliphatic heterocycles. The van der Waals surface area contributed by atoms with Gasteiger partial charge >= 0.3 is 0 Å². The highest BCUT2D eigenvalue weighted by molar-refractivity contribution is 5.91. The minimum atomic E-state index is -0.257. The molecule has 1 fully saturated rings. The molecule has 0 unspecified atom stereocenters. The number of nitrogens with zero attached hydrogens (tertiary/aromatic N) is 4. The maximum atomic E-state index is 13.0. The second-order valence-corrected chi connectivity index (χ2v) is 6.93. The zero-order chi connectivity index (χ0) is 20.2. The van der Waals surface area contributed by atoms with Crippen molar-refractivity contribution in [2.45, 2.75) is 13.5 Å². The van der Waals surface area contributed by atoms with Crippen LogP contribution >= 0.6 is 0 Å². The van der Waals surface area contributed by atoms with Gasteiger partial charge in [0.15, 0.2) is 5.76 Å². The molecule has 29 heavy (non-hydrogen) atoms. The Morgan fingerprint density at radius 3 is 2.59 bits per heavy atom. The SMILES string of the molecule is Cc1cc(N2CCN(C(=O)c3ccco3)CC2)nc(NCc2ccc(F)cc2)n1. The number of halogens is 1. The van der Waals surface area contributed by atoms with Gasteiger partial charge < -0.3 is 19.5 Å². The van der Waals surface area contributed by atoms with Crippen LogP contribution in [-0.2, 0) is 6.54 Å². The summed E-state index contributed by atoms with van der Waals surface area (Å²) in [5, 5.41) is 3.20. The number of amides is 1. The van der Waals surface area contributed by atoms with E-state index in [0.29, 0.717) is 44.4 Å². The molecule has 1 aromatic carbocycles. The third-order valence-corrected chi connectivity index (χ3v) is 4.83. The minimum Gasteiger partial charge on any atom is -0.459 e. The number of benzene rings is 1. The van der Waals surface area contributed by atoms with Gasteiger partial charge in [-0.25, -0.2) is 9.37 Å². The normalized spacial score (nSPS) is 14.1. The molecule has 0 aliphatic carbocycles. The molecule has 8 heteroatoms. The Morgan fingerprint density at radius 2 is 1.90 bits per heavy atom. The standard InChI is InChI=1S/C21H22FN5O2/c1-15-13-19(25-21(24-15)23-14-16-4-6-17(22)7-5-16)26-8-10-27(11-9-26)20(28)18-3-2-12-29-18/h2-7,12-13H,8-11,14H2,1H3,(H,23,24,25). The highest BCUT2D eigenvalue weighted by Crippen LogP contribution is 2.18. The van der Waals surface area contributed by atoms with Crippen LogP contribution in [0.25, 0.3) is 0 Å². The average Bonchev–Trinajstić information content (AvgIpc) is 3.27. The van der Waals surface area contributed by atoms with Crippen molar-refractivity contribution < 1.29 is 13.6 Å². The maximum absolute atomic E-state index is 13.0. The van der Waals surface area contributed by atoms with E-state index in [4.69, 9.17) is 4.42 Å². The first-order chi connectivity index (χ1) is 14.1. The largest absolute Gasteiger partial charge is 0.459 e. The van der Waals surface area contributed by atoms with Gasteiger partial charge in [-0.15, -0.1) is 0 Å². The lowest BCUT2D eigenvalue weighted by atomic mass is 10.2. The van der Waals surface area contributed by atoms with Crippen molar-refractivity contribution in [2.24, 2.45) is 0 Å². The molecule has 0 spiro atoms. The van der Waals surface area contributed by atoms with Crippen molar-refractivity contribution in [3.8, 4) is 0 Å². The molecule has 4 rings (SSSR count). The van der Waals surface area contributed by atoms with E-state index in [0.717, 1.165) is 17.1 Å². The molecule has 3 aromatic rings. The van der Waals surface area contributed by atoms with Crippen LogP contribution in [0.1, 0.15) is 21.8 Å². The number of aromatic nitrogens is 2. The number of aryl methyl sites for hydroxylation is 1. The molecule has 1 N–H and O–H groups in total. The molecule has 150 valence electrons. The molecule has 1 amide bonds. The molecule has 7 nitrogen and oxygen atoms in total. The summed E-state index contributed by atoms with van der Waals surface area (Å²) in [6.07, 6.45) is 1.51. The lowest BCUT2D eigenvalue weighted by Gasteiger charge is -2.35. The van der Waals surface area contributed by atoms with Crippen LogP contribution in [0.5, 0.6) is 0 Å². The molecule has 1 saturated heterocycles. The minimum absolute atomic E-state index is 0.0878. The Labute approximate surface area is 168 Å². The van der Waals surface area contributed by atoms with Crippen LogP contribution in [0.4, 0.5) is 16.2 Å². The van der Waals surface area contributed by atoms with Crippen molar-refractivity contribution in [1.82, 2.24) is 14.9 Å². The van der Waals surface area contributed by atoms with E-state index < -0.39 is 0 Å². The fraction of sp³-hybridized carbons (Fsp3) is 0.286. The fourth-order valence-corrected chi connectivity index (χ4v) is 3.27. The molecule has 0 atom stereocenters. The van der Waals surface area contributed by atoms with E-state index in [1.54, 1.807) is 29.2 Å². The van der Waals surface area contributed by atoms with E-state index in [1.807, 2.05) is 13.0 Å². The lowest BCUT2D eigenvalue weighted by Crippen LogP contribution is -2.49. The van der Waals surface area contributed by atoms with Crippen molar-refractivity contribution in [2.75, 3.05) is 36.4 Å². The number of hydrogen-bond donors (Lipinski definition) is 1. The summed E-state index contributed by atoms with van der Waals surface area (Å²) in [5.74, 6) is 1.37. The summed E-state index contributed by atoms with van der Waals surface area (Å²) in [7, 11) is 0. The fourth-order valence-electron chi connectivity index (χ4n) is 3.27. The van der Waals surface area contributed by atoms with Gasteiger partial charge in [0, 0.05) is 44.5 Å². The average molecular weight is 395 g/mol. The predicted octanol–water partition coefficient (Wildman–Crippen LogP) is 3.09. The van der Waals surface area contributed by atoms with Gasteiger partial charge in [0.2, 0.25) is 5.95 Å². The summed E-state index contributed by atoms with van der Waals surface area (Å²) in [5.41, 5.74) is 1.80. The Hall–Kier alpha value is -3.42. The lowest BCUT2D eigenvalue weighted by molar-refractivity contribution is 0.0714. The Bertz CT molecular complexity index is 967. The second-order valence-electron chi connectivity index (χ2n) is 6.93. The number of carbonyl (C=O) groups excluding carboxylic acids is 1. The number of nitrogens with one attached hydrogen (secondary N) is 1. The van der Waals surface area contributed by atoms with E-state index in [2.05, 4.69) is 20.2 Å². The van der Waals surface area contributed by atoms with Crippen LogP contribution in [0.3, 0.4) is 0 Å². The second kappa shape index (κ2) is 8.30. The van der Waals surface area contributed by atoms with Crippen molar-refractivity contribution in [3.05, 3.63) is 71.6 Å². The Morgan fingerprint density at radius 1 is 1.14 bits per heavy atom. The smallest absolute Gasteiger partial charge is 0.289 e. The van der Waals surface area contributed by atoms with Crippen LogP contribution < -0.4 is 10.2 Å². The van der Waals surface area contributed by atoms with Gasteiger partial charge in [-0.2, -0.15) is 4.98 Å². The quantitative estimate of drug-likeness (QED) is 0.716. The molecule has 1 aliphatic rings. The van der Waals surface area contributed by atoms with Gasteiger partial charge in [0.05, 0.1) is 6.26 Å². The molecular weight excluding hydrogens is 373 g/mol. The van der Waals surface area contributed by atoms with Gasteiger partial charge in [-0.05, 0) is 36.8 Å². The van der Waals surface area contributed by atoms with Crippen LogP contribution in [0.2, 0.25) is 0 Å². The van der Waals surface area contributed by atoms with Crippen LogP contribution in [0.15, 0.2) is 53.1 Å². The van der Waals surface area contributed by atoms with Crippen molar-refractivity contribution >= 4 is 17.7 Å². The summed E-state index contributed by atoms with van der Waals surface area (Å²) < 4.78 is 18.2. The zero-order valence-corrected chi connectivity index (χ0v) is 16.1. The molecule has 0 bridgehead atoms. The third kappa shape index (κ3) is 4.53. The maximum Gasteiger partial charge on any atom is 0.289 e. The topological polar surface area (TPSA) is 74.5 Å². The Kier molecular flexibility index (Phi) is 5.41. The molecular formula is C21H22FN5O2. The van der Waals surface area contributed by atoms with E-state index in [1.165, 1.54) is 18.4 Å². The number of rotatable bonds is 5.